The molecule has 14 heavy (non-hydrogen) atoms. The molecule has 2 N–H and O–H groups in total. The van der Waals surface area contributed by atoms with Crippen molar-refractivity contribution in [2.24, 2.45) is 5.73 Å². The Bertz CT molecular complexity index is 323. The summed E-state index contributed by atoms with van der Waals surface area (Å²) in [5.74, 6) is -0.293. The van der Waals surface area contributed by atoms with Gasteiger partial charge in [0.25, 0.3) is 0 Å². The van der Waals surface area contributed by atoms with Gasteiger partial charge < -0.3 is 5.73 Å². The maximum absolute atomic E-state index is 13.1. The normalized spacial score (nSPS) is 12.5. The highest BCUT2D eigenvalue weighted by molar-refractivity contribution is 5.83. The lowest BCUT2D eigenvalue weighted by Crippen LogP contribution is -2.26. The number of hydrogen-bond donors (Lipinski definition) is 1. The summed E-state index contributed by atoms with van der Waals surface area (Å²) in [5, 5.41) is 0. The van der Waals surface area contributed by atoms with Gasteiger partial charge >= 0.3 is 0 Å². The summed E-state index contributed by atoms with van der Waals surface area (Å²) >= 11 is 0. The van der Waals surface area contributed by atoms with Crippen molar-refractivity contribution in [3.8, 4) is 0 Å². The van der Waals surface area contributed by atoms with E-state index in [0.29, 0.717) is 18.4 Å². The third-order valence-corrected chi connectivity index (χ3v) is 2.11. The summed E-state index contributed by atoms with van der Waals surface area (Å²) in [7, 11) is 0. The van der Waals surface area contributed by atoms with Gasteiger partial charge in [0.1, 0.15) is 11.6 Å². The van der Waals surface area contributed by atoms with Gasteiger partial charge in [0, 0.05) is 6.42 Å². The van der Waals surface area contributed by atoms with Gasteiger partial charge in [0.05, 0.1) is 6.04 Å². The fraction of sp³-hybridized carbons (Fsp3) is 0.364. The maximum atomic E-state index is 13.1. The summed E-state index contributed by atoms with van der Waals surface area (Å²) in [6.07, 6.45) is 0.728. The summed E-state index contributed by atoms with van der Waals surface area (Å²) in [5.41, 5.74) is 5.97. The van der Waals surface area contributed by atoms with Crippen LogP contribution in [0.3, 0.4) is 0 Å². The first-order chi connectivity index (χ1) is 6.61. The van der Waals surface area contributed by atoms with E-state index < -0.39 is 6.04 Å². The number of aryl methyl sites for hydroxylation is 1. The first-order valence-electron chi connectivity index (χ1n) is 4.63. The zero-order chi connectivity index (χ0) is 10.6. The molecule has 0 aliphatic rings. The van der Waals surface area contributed by atoms with Crippen molar-refractivity contribution in [1.82, 2.24) is 0 Å². The first kappa shape index (κ1) is 10.9. The second-order valence-corrected chi connectivity index (χ2v) is 3.35. The van der Waals surface area contributed by atoms with Crippen molar-refractivity contribution < 1.29 is 9.18 Å². The van der Waals surface area contributed by atoms with Gasteiger partial charge in [-0.3, -0.25) is 4.79 Å². The molecule has 0 radical (unpaired) electrons. The molecule has 0 aromatic heterocycles. The van der Waals surface area contributed by atoms with E-state index in [0.717, 1.165) is 0 Å². The van der Waals surface area contributed by atoms with E-state index in [1.807, 2.05) is 0 Å². The van der Waals surface area contributed by atoms with Gasteiger partial charge in [-0.05, 0) is 25.0 Å². The molecule has 0 amide bonds. The summed E-state index contributed by atoms with van der Waals surface area (Å²) in [6.45, 7) is 1.64. The zero-order valence-electron chi connectivity index (χ0n) is 8.16. The Morgan fingerprint density at radius 2 is 2.14 bits per heavy atom. The van der Waals surface area contributed by atoms with E-state index >= 15 is 0 Å². The van der Waals surface area contributed by atoms with E-state index in [2.05, 4.69) is 0 Å². The number of hydrogen-bond acceptors (Lipinski definition) is 2. The van der Waals surface area contributed by atoms with Crippen LogP contribution in [0.4, 0.5) is 4.39 Å². The summed E-state index contributed by atoms with van der Waals surface area (Å²) in [4.78, 5) is 11.2. The molecular weight excluding hydrogens is 181 g/mol. The van der Waals surface area contributed by atoms with Crippen molar-refractivity contribution in [2.75, 3.05) is 0 Å². The van der Waals surface area contributed by atoms with Gasteiger partial charge in [-0.25, -0.2) is 4.39 Å². The van der Waals surface area contributed by atoms with Crippen LogP contribution in [0.2, 0.25) is 0 Å². The quantitative estimate of drug-likeness (QED) is 0.794. The highest BCUT2D eigenvalue weighted by Crippen LogP contribution is 2.09. The van der Waals surface area contributed by atoms with Crippen LogP contribution in [0.15, 0.2) is 24.3 Å². The molecule has 0 bridgehead atoms. The third-order valence-electron chi connectivity index (χ3n) is 2.11. The standard InChI is InChI=1S/C11H14FNO/c1-8(13)11(14)7-6-9-4-2-3-5-10(9)12/h2-5,8H,6-7,13H2,1H3. The number of ketones is 1. The predicted octanol–water partition coefficient (Wildman–Crippen LogP) is 1.67. The highest BCUT2D eigenvalue weighted by Gasteiger charge is 2.08. The fourth-order valence-electron chi connectivity index (χ4n) is 1.19. The topological polar surface area (TPSA) is 43.1 Å². The first-order valence-corrected chi connectivity index (χ1v) is 4.63. The molecule has 1 rings (SSSR count). The number of Topliss-reactive ketones (excluding diaryl/α,β-unsaturated/α-hetero) is 1. The minimum Gasteiger partial charge on any atom is -0.322 e. The molecule has 1 atom stereocenters. The number of carbonyl (C=O) groups is 1. The lowest BCUT2D eigenvalue weighted by atomic mass is 10.0. The van der Waals surface area contributed by atoms with Crippen LogP contribution in [0, 0.1) is 5.82 Å². The number of halogens is 1. The van der Waals surface area contributed by atoms with Crippen molar-refractivity contribution in [3.05, 3.63) is 35.6 Å². The lowest BCUT2D eigenvalue weighted by molar-refractivity contribution is -0.119. The Morgan fingerprint density at radius 1 is 1.50 bits per heavy atom. The summed E-state index contributed by atoms with van der Waals surface area (Å²) in [6, 6.07) is 6.01. The Labute approximate surface area is 82.9 Å². The lowest BCUT2D eigenvalue weighted by Gasteiger charge is -2.04. The molecule has 0 spiro atoms. The van der Waals surface area contributed by atoms with E-state index in [4.69, 9.17) is 5.73 Å². The van der Waals surface area contributed by atoms with E-state index in [9.17, 15) is 9.18 Å². The molecular formula is C11H14FNO. The Balaban J connectivity index is 2.54. The molecule has 1 aromatic rings. The number of nitrogens with two attached hydrogens (primary N) is 1. The second-order valence-electron chi connectivity index (χ2n) is 3.35. The van der Waals surface area contributed by atoms with Crippen molar-refractivity contribution >= 4 is 5.78 Å². The third kappa shape index (κ3) is 2.92. The van der Waals surface area contributed by atoms with Gasteiger partial charge in [0.15, 0.2) is 0 Å². The van der Waals surface area contributed by atoms with Crippen LogP contribution in [0.25, 0.3) is 0 Å². The molecule has 0 fully saturated rings. The second kappa shape index (κ2) is 4.86. The van der Waals surface area contributed by atoms with Crippen LogP contribution < -0.4 is 5.73 Å². The molecule has 0 heterocycles. The monoisotopic (exact) mass is 195 g/mol. The van der Waals surface area contributed by atoms with Gasteiger partial charge in [-0.1, -0.05) is 18.2 Å². The minimum absolute atomic E-state index is 0.0340. The number of carbonyl (C=O) groups excluding carboxylic acids is 1. The number of rotatable bonds is 4. The van der Waals surface area contributed by atoms with E-state index in [1.165, 1.54) is 6.07 Å². The zero-order valence-corrected chi connectivity index (χ0v) is 8.16. The van der Waals surface area contributed by atoms with Crippen LogP contribution in [0.1, 0.15) is 18.9 Å². The van der Waals surface area contributed by atoms with Crippen LogP contribution in [-0.2, 0) is 11.2 Å². The molecule has 0 saturated carbocycles. The molecule has 0 aliphatic carbocycles. The van der Waals surface area contributed by atoms with Gasteiger partial charge in [-0.15, -0.1) is 0 Å². The van der Waals surface area contributed by atoms with Crippen molar-refractivity contribution in [2.45, 2.75) is 25.8 Å². The maximum Gasteiger partial charge on any atom is 0.149 e. The largest absolute Gasteiger partial charge is 0.322 e. The van der Waals surface area contributed by atoms with Crippen molar-refractivity contribution in [3.63, 3.8) is 0 Å². The SMILES string of the molecule is CC(N)C(=O)CCc1ccccc1F. The highest BCUT2D eigenvalue weighted by atomic mass is 19.1. The van der Waals surface area contributed by atoms with Gasteiger partial charge in [-0.2, -0.15) is 0 Å². The van der Waals surface area contributed by atoms with E-state index in [1.54, 1.807) is 25.1 Å². The predicted molar refractivity (Wildman–Crippen MR) is 53.4 cm³/mol. The smallest absolute Gasteiger partial charge is 0.149 e. The van der Waals surface area contributed by atoms with Gasteiger partial charge in [0.2, 0.25) is 0 Å². The van der Waals surface area contributed by atoms with Crippen LogP contribution >= 0.6 is 0 Å². The Morgan fingerprint density at radius 3 is 2.71 bits per heavy atom. The van der Waals surface area contributed by atoms with Crippen LogP contribution in [0.5, 0.6) is 0 Å². The Hall–Kier alpha value is -1.22. The average molecular weight is 195 g/mol. The average Bonchev–Trinajstić information content (AvgIpc) is 2.16. The fourth-order valence-corrected chi connectivity index (χ4v) is 1.19. The number of benzene rings is 1. The summed E-state index contributed by atoms with van der Waals surface area (Å²) < 4.78 is 13.1. The molecule has 1 aromatic carbocycles. The molecule has 3 heteroatoms. The molecule has 0 aliphatic heterocycles. The van der Waals surface area contributed by atoms with Crippen molar-refractivity contribution in [1.29, 1.82) is 0 Å². The van der Waals surface area contributed by atoms with Crippen LogP contribution in [-0.4, -0.2) is 11.8 Å². The Kier molecular flexibility index (Phi) is 3.77. The van der Waals surface area contributed by atoms with E-state index in [-0.39, 0.29) is 11.6 Å². The molecule has 0 saturated heterocycles. The molecule has 2 nitrogen and oxygen atoms in total. The minimum atomic E-state index is -0.457. The molecule has 1 unspecified atom stereocenters. The molecule has 76 valence electrons.